The molecule has 104 valence electrons. The van der Waals surface area contributed by atoms with Crippen molar-refractivity contribution in [1.29, 1.82) is 0 Å². The summed E-state index contributed by atoms with van der Waals surface area (Å²) in [5, 5.41) is 4.57. The van der Waals surface area contributed by atoms with E-state index in [2.05, 4.69) is 52.9 Å². The molecule has 0 radical (unpaired) electrons. The summed E-state index contributed by atoms with van der Waals surface area (Å²) in [7, 11) is 0. The number of aromatic nitrogens is 1. The van der Waals surface area contributed by atoms with Gasteiger partial charge in [0.2, 0.25) is 0 Å². The zero-order valence-corrected chi connectivity index (χ0v) is 11.8. The van der Waals surface area contributed by atoms with Gasteiger partial charge in [-0.25, -0.2) is 4.39 Å². The van der Waals surface area contributed by atoms with Gasteiger partial charge in [-0.3, -0.25) is 0 Å². The van der Waals surface area contributed by atoms with Crippen molar-refractivity contribution in [3.8, 4) is 0 Å². The third-order valence-electron chi connectivity index (χ3n) is 4.40. The number of hydrogen-bond acceptors (Lipinski definition) is 0. The molecular weight excluding hydrogens is 273 g/mol. The second kappa shape index (κ2) is 4.08. The molecule has 2 heteroatoms. The Morgan fingerprint density at radius 1 is 0.591 bits per heavy atom. The molecule has 0 aliphatic rings. The lowest BCUT2D eigenvalue weighted by atomic mass is 10.1. The van der Waals surface area contributed by atoms with Crippen LogP contribution < -0.4 is 0 Å². The highest BCUT2D eigenvalue weighted by Gasteiger charge is 2.11. The molecule has 2 heterocycles. The lowest BCUT2D eigenvalue weighted by Crippen LogP contribution is -1.90. The number of benzene rings is 3. The van der Waals surface area contributed by atoms with Gasteiger partial charge >= 0.3 is 0 Å². The number of pyridine rings is 1. The zero-order valence-electron chi connectivity index (χ0n) is 11.8. The zero-order chi connectivity index (χ0) is 14.7. The van der Waals surface area contributed by atoms with E-state index in [4.69, 9.17) is 0 Å². The van der Waals surface area contributed by atoms with Crippen molar-refractivity contribution in [3.05, 3.63) is 78.6 Å². The van der Waals surface area contributed by atoms with Crippen LogP contribution in [0.4, 0.5) is 4.39 Å². The van der Waals surface area contributed by atoms with E-state index in [9.17, 15) is 4.39 Å². The van der Waals surface area contributed by atoms with Gasteiger partial charge in [0.1, 0.15) is 5.82 Å². The van der Waals surface area contributed by atoms with Gasteiger partial charge in [-0.1, -0.05) is 42.5 Å². The molecule has 0 aliphatic carbocycles. The van der Waals surface area contributed by atoms with Crippen LogP contribution in [0.2, 0.25) is 0 Å². The number of rotatable bonds is 0. The Hall–Kier alpha value is -2.87. The highest BCUT2D eigenvalue weighted by atomic mass is 19.1. The molecule has 0 amide bonds. The summed E-state index contributed by atoms with van der Waals surface area (Å²) in [6, 6.07) is 23.8. The van der Waals surface area contributed by atoms with Crippen LogP contribution >= 0.6 is 0 Å². The molecular formula is C20H12FN. The van der Waals surface area contributed by atoms with Crippen LogP contribution in [0.25, 0.3) is 38.1 Å². The van der Waals surface area contributed by atoms with Crippen molar-refractivity contribution in [3.63, 3.8) is 0 Å². The molecule has 0 spiro atoms. The predicted molar refractivity (Wildman–Crippen MR) is 89.9 cm³/mol. The molecule has 5 rings (SSSR count). The Morgan fingerprint density at radius 2 is 1.27 bits per heavy atom. The minimum Gasteiger partial charge on any atom is -0.309 e. The maximum Gasteiger partial charge on any atom is 0.123 e. The first-order chi connectivity index (χ1) is 10.8. The third kappa shape index (κ3) is 1.41. The van der Waals surface area contributed by atoms with E-state index in [1.165, 1.54) is 22.2 Å². The van der Waals surface area contributed by atoms with E-state index in [-0.39, 0.29) is 5.82 Å². The van der Waals surface area contributed by atoms with E-state index in [1.807, 2.05) is 12.1 Å². The highest BCUT2D eigenvalue weighted by molar-refractivity contribution is 6.15. The average Bonchev–Trinajstić information content (AvgIpc) is 2.94. The molecule has 0 fully saturated rings. The van der Waals surface area contributed by atoms with Gasteiger partial charge in [0.15, 0.2) is 0 Å². The average molecular weight is 285 g/mol. The van der Waals surface area contributed by atoms with Gasteiger partial charge in [-0.2, -0.15) is 0 Å². The van der Waals surface area contributed by atoms with Crippen molar-refractivity contribution in [2.45, 2.75) is 0 Å². The van der Waals surface area contributed by atoms with Crippen LogP contribution in [0.3, 0.4) is 0 Å². The van der Waals surface area contributed by atoms with E-state index < -0.39 is 0 Å². The fourth-order valence-corrected chi connectivity index (χ4v) is 3.48. The van der Waals surface area contributed by atoms with Crippen molar-refractivity contribution >= 4 is 38.1 Å². The van der Waals surface area contributed by atoms with E-state index in [0.29, 0.717) is 0 Å². The maximum absolute atomic E-state index is 13.6. The highest BCUT2D eigenvalue weighted by Crippen LogP contribution is 2.33. The monoisotopic (exact) mass is 285 g/mol. The van der Waals surface area contributed by atoms with Crippen LogP contribution in [-0.4, -0.2) is 4.40 Å². The summed E-state index contributed by atoms with van der Waals surface area (Å²) >= 11 is 0. The van der Waals surface area contributed by atoms with Crippen LogP contribution in [0.15, 0.2) is 72.8 Å². The number of halogens is 1. The second-order valence-corrected chi connectivity index (χ2v) is 5.63. The van der Waals surface area contributed by atoms with E-state index >= 15 is 0 Å². The van der Waals surface area contributed by atoms with Gasteiger partial charge < -0.3 is 4.40 Å². The lowest BCUT2D eigenvalue weighted by molar-refractivity contribution is 0.629. The number of fused-ring (bicyclic) bond motifs is 8. The van der Waals surface area contributed by atoms with Crippen LogP contribution in [-0.2, 0) is 0 Å². The molecule has 3 aromatic carbocycles. The molecule has 0 atom stereocenters. The lowest BCUT2D eigenvalue weighted by Gasteiger charge is -2.09. The fraction of sp³-hybridized carbons (Fsp3) is 0. The summed E-state index contributed by atoms with van der Waals surface area (Å²) in [5.41, 5.74) is 3.31. The molecule has 0 saturated heterocycles. The minimum atomic E-state index is -0.197. The summed E-state index contributed by atoms with van der Waals surface area (Å²) in [5.74, 6) is -0.197. The van der Waals surface area contributed by atoms with Crippen molar-refractivity contribution in [1.82, 2.24) is 4.40 Å². The Balaban J connectivity index is 2.21. The Morgan fingerprint density at radius 3 is 2.09 bits per heavy atom. The van der Waals surface area contributed by atoms with Gasteiger partial charge in [0.05, 0.1) is 16.6 Å². The molecule has 2 aromatic heterocycles. The van der Waals surface area contributed by atoms with Crippen LogP contribution in [0, 0.1) is 5.82 Å². The second-order valence-electron chi connectivity index (χ2n) is 5.63. The SMILES string of the molecule is Fc1ccc2c(c1)cc1c3ccccc3c3ccccc3n21. The predicted octanol–water partition coefficient (Wildman–Crippen LogP) is 5.54. The molecule has 0 N–H and O–H groups in total. The van der Waals surface area contributed by atoms with Crippen LogP contribution in [0.1, 0.15) is 0 Å². The minimum absolute atomic E-state index is 0.197. The smallest absolute Gasteiger partial charge is 0.123 e. The first-order valence-electron chi connectivity index (χ1n) is 7.33. The molecule has 0 unspecified atom stereocenters. The number of para-hydroxylation sites is 1. The Labute approximate surface area is 126 Å². The molecule has 22 heavy (non-hydrogen) atoms. The van der Waals surface area contributed by atoms with Gasteiger partial charge in [0.25, 0.3) is 0 Å². The molecule has 0 bridgehead atoms. The third-order valence-corrected chi connectivity index (χ3v) is 4.40. The summed E-state index contributed by atoms with van der Waals surface area (Å²) in [6.45, 7) is 0. The standard InChI is InChI=1S/C20H12FN/c21-14-9-10-18-13(11-14)12-20-17-7-2-1-5-15(17)16-6-3-4-8-19(16)22(18)20/h1-12H. The summed E-state index contributed by atoms with van der Waals surface area (Å²) in [6.07, 6.45) is 0. The topological polar surface area (TPSA) is 4.41 Å². The fourth-order valence-electron chi connectivity index (χ4n) is 3.48. The molecule has 0 aliphatic heterocycles. The van der Waals surface area contributed by atoms with Gasteiger partial charge in [0, 0.05) is 16.2 Å². The van der Waals surface area contributed by atoms with Gasteiger partial charge in [-0.15, -0.1) is 0 Å². The normalized spacial score (nSPS) is 11.9. The molecule has 0 saturated carbocycles. The van der Waals surface area contributed by atoms with Crippen molar-refractivity contribution < 1.29 is 4.39 Å². The Bertz CT molecular complexity index is 1180. The van der Waals surface area contributed by atoms with E-state index in [1.54, 1.807) is 6.07 Å². The maximum atomic E-state index is 13.6. The molecule has 5 aromatic rings. The summed E-state index contributed by atoms with van der Waals surface area (Å²) in [4.78, 5) is 0. The first kappa shape index (κ1) is 11.8. The van der Waals surface area contributed by atoms with Gasteiger partial charge in [-0.05, 0) is 35.7 Å². The Kier molecular flexibility index (Phi) is 2.18. The van der Waals surface area contributed by atoms with E-state index in [0.717, 1.165) is 21.9 Å². The largest absolute Gasteiger partial charge is 0.309 e. The van der Waals surface area contributed by atoms with Crippen molar-refractivity contribution in [2.24, 2.45) is 0 Å². The summed E-state index contributed by atoms with van der Waals surface area (Å²) < 4.78 is 15.8. The first-order valence-corrected chi connectivity index (χ1v) is 7.33. The quantitative estimate of drug-likeness (QED) is 0.329. The number of hydrogen-bond donors (Lipinski definition) is 0. The number of nitrogens with zero attached hydrogens (tertiary/aromatic N) is 1. The van der Waals surface area contributed by atoms with Crippen LogP contribution in [0.5, 0.6) is 0 Å². The molecule has 1 nitrogen and oxygen atoms in total. The van der Waals surface area contributed by atoms with Crippen molar-refractivity contribution in [2.75, 3.05) is 0 Å².